The molecule has 0 atom stereocenters. The van der Waals surface area contributed by atoms with Gasteiger partial charge in [-0.25, -0.2) is 4.79 Å². The second kappa shape index (κ2) is 9.30. The van der Waals surface area contributed by atoms with Gasteiger partial charge < -0.3 is 9.47 Å². The van der Waals surface area contributed by atoms with Crippen molar-refractivity contribution >= 4 is 5.97 Å². The summed E-state index contributed by atoms with van der Waals surface area (Å²) in [7, 11) is 0. The lowest BCUT2D eigenvalue weighted by Gasteiger charge is -2.22. The van der Waals surface area contributed by atoms with E-state index >= 15 is 0 Å². The normalized spacial score (nSPS) is 14.1. The number of fused-ring (bicyclic) bond motifs is 1. The summed E-state index contributed by atoms with van der Waals surface area (Å²) in [6.07, 6.45) is -3.00. The Morgan fingerprint density at radius 2 is 1.77 bits per heavy atom. The van der Waals surface area contributed by atoms with Gasteiger partial charge in [0.05, 0.1) is 12.2 Å². The maximum atomic E-state index is 14.1. The van der Waals surface area contributed by atoms with Crippen molar-refractivity contribution in [2.45, 2.75) is 65.8 Å². The molecule has 31 heavy (non-hydrogen) atoms. The molecule has 3 rings (SSSR count). The Labute approximate surface area is 181 Å². The number of hydrogen-bond donors (Lipinski definition) is 0. The fraction of sp³-hybridized carbons (Fsp3) is 0.458. The molecular weight excluding hydrogens is 407 g/mol. The minimum atomic E-state index is -4.59. The Kier molecular flexibility index (Phi) is 6.94. The van der Waals surface area contributed by atoms with Crippen molar-refractivity contribution in [3.63, 3.8) is 0 Å². The zero-order chi connectivity index (χ0) is 22.8. The van der Waals surface area contributed by atoms with Crippen LogP contribution in [0, 0.1) is 6.92 Å². The predicted octanol–water partition coefficient (Wildman–Crippen LogP) is 6.14. The standard InChI is InChI=1S/C24H28F3NO3/c1-5-6-12-30-22-19-14-28(15(2)3)13-18(19)21(24(25,26)27)16(4)20(22)23(29)31-17-10-8-7-9-11-17/h7-11,15H,5-6,12-14H2,1-4H3. The van der Waals surface area contributed by atoms with Gasteiger partial charge in [-0.1, -0.05) is 31.5 Å². The summed E-state index contributed by atoms with van der Waals surface area (Å²) in [6.45, 7) is 7.99. The van der Waals surface area contributed by atoms with Crippen LogP contribution >= 0.6 is 0 Å². The third-order valence-electron chi connectivity index (χ3n) is 5.56. The largest absolute Gasteiger partial charge is 0.492 e. The summed E-state index contributed by atoms with van der Waals surface area (Å²) in [5, 5.41) is 0. The molecule has 0 unspecified atom stereocenters. The van der Waals surface area contributed by atoms with E-state index in [1.54, 1.807) is 30.3 Å². The highest BCUT2D eigenvalue weighted by Gasteiger charge is 2.43. The van der Waals surface area contributed by atoms with Crippen molar-refractivity contribution in [2.24, 2.45) is 0 Å². The van der Waals surface area contributed by atoms with Crippen LogP contribution in [0.25, 0.3) is 0 Å². The quantitative estimate of drug-likeness (QED) is 0.298. The van der Waals surface area contributed by atoms with Crippen LogP contribution < -0.4 is 9.47 Å². The van der Waals surface area contributed by atoms with Gasteiger partial charge in [0.1, 0.15) is 17.1 Å². The zero-order valence-electron chi connectivity index (χ0n) is 18.3. The number of para-hydroxylation sites is 1. The van der Waals surface area contributed by atoms with E-state index < -0.39 is 17.7 Å². The molecule has 0 fully saturated rings. The molecule has 1 heterocycles. The molecule has 7 heteroatoms. The number of esters is 1. The number of hydrogen-bond acceptors (Lipinski definition) is 4. The van der Waals surface area contributed by atoms with Crippen molar-refractivity contribution in [1.82, 2.24) is 4.90 Å². The van der Waals surface area contributed by atoms with Crippen molar-refractivity contribution in [3.05, 3.63) is 58.1 Å². The van der Waals surface area contributed by atoms with Crippen LogP contribution in [0.3, 0.4) is 0 Å². The molecule has 4 nitrogen and oxygen atoms in total. The average molecular weight is 435 g/mol. The molecule has 1 aliphatic heterocycles. The van der Waals surface area contributed by atoms with Gasteiger partial charge >= 0.3 is 12.1 Å². The molecule has 0 saturated heterocycles. The number of alkyl halides is 3. The van der Waals surface area contributed by atoms with Crippen LogP contribution in [0.2, 0.25) is 0 Å². The van der Waals surface area contributed by atoms with E-state index in [0.29, 0.717) is 18.7 Å². The first-order valence-electron chi connectivity index (χ1n) is 10.5. The smallest absolute Gasteiger partial charge is 0.417 e. The van der Waals surface area contributed by atoms with Crippen LogP contribution in [-0.2, 0) is 19.3 Å². The topological polar surface area (TPSA) is 38.8 Å². The molecule has 2 aromatic carbocycles. The third kappa shape index (κ3) is 4.87. The van der Waals surface area contributed by atoms with Crippen molar-refractivity contribution in [2.75, 3.05) is 6.61 Å². The fourth-order valence-electron chi connectivity index (χ4n) is 3.88. The highest BCUT2D eigenvalue weighted by atomic mass is 19.4. The number of halogens is 3. The van der Waals surface area contributed by atoms with Crippen LogP contribution in [0.1, 0.15) is 66.2 Å². The maximum absolute atomic E-state index is 14.1. The molecule has 0 saturated carbocycles. The van der Waals surface area contributed by atoms with Gasteiger partial charge in [0, 0.05) is 24.7 Å². The molecule has 0 bridgehead atoms. The lowest BCUT2D eigenvalue weighted by molar-refractivity contribution is -0.138. The van der Waals surface area contributed by atoms with Crippen LogP contribution in [0.5, 0.6) is 11.5 Å². The Bertz CT molecular complexity index is 940. The van der Waals surface area contributed by atoms with E-state index in [4.69, 9.17) is 9.47 Å². The van der Waals surface area contributed by atoms with Gasteiger partial charge in [0.2, 0.25) is 0 Å². The van der Waals surface area contributed by atoms with E-state index in [9.17, 15) is 18.0 Å². The van der Waals surface area contributed by atoms with Gasteiger partial charge in [-0.05, 0) is 50.5 Å². The van der Waals surface area contributed by atoms with E-state index in [1.807, 2.05) is 25.7 Å². The number of carbonyl (C=O) groups excluding carboxylic acids is 1. The second-order valence-electron chi connectivity index (χ2n) is 8.06. The average Bonchev–Trinajstić information content (AvgIpc) is 3.12. The van der Waals surface area contributed by atoms with Crippen LogP contribution in [0.4, 0.5) is 13.2 Å². The summed E-state index contributed by atoms with van der Waals surface area (Å²) in [5.74, 6) is -0.353. The van der Waals surface area contributed by atoms with E-state index in [-0.39, 0.29) is 40.8 Å². The van der Waals surface area contributed by atoms with Crippen molar-refractivity contribution < 1.29 is 27.4 Å². The Morgan fingerprint density at radius 1 is 1.13 bits per heavy atom. The number of benzene rings is 2. The first-order valence-corrected chi connectivity index (χ1v) is 10.5. The highest BCUT2D eigenvalue weighted by molar-refractivity contribution is 5.97. The molecule has 0 spiro atoms. The molecular formula is C24H28F3NO3. The van der Waals surface area contributed by atoms with Gasteiger partial charge in [-0.15, -0.1) is 0 Å². The second-order valence-corrected chi connectivity index (χ2v) is 8.06. The minimum Gasteiger partial charge on any atom is -0.492 e. The van der Waals surface area contributed by atoms with Gasteiger partial charge in [-0.3, -0.25) is 4.90 Å². The van der Waals surface area contributed by atoms with Crippen molar-refractivity contribution in [3.8, 4) is 11.5 Å². The molecule has 0 radical (unpaired) electrons. The van der Waals surface area contributed by atoms with Gasteiger partial charge in [-0.2, -0.15) is 13.2 Å². The van der Waals surface area contributed by atoms with Crippen molar-refractivity contribution in [1.29, 1.82) is 0 Å². The van der Waals surface area contributed by atoms with Crippen LogP contribution in [-0.4, -0.2) is 23.5 Å². The van der Waals surface area contributed by atoms with Gasteiger partial charge in [0.15, 0.2) is 0 Å². The summed E-state index contributed by atoms with van der Waals surface area (Å²) in [5.41, 5.74) is -0.418. The highest BCUT2D eigenvalue weighted by Crippen LogP contribution is 2.46. The monoisotopic (exact) mass is 435 g/mol. The lowest BCUT2D eigenvalue weighted by Crippen LogP contribution is -2.25. The number of ether oxygens (including phenoxy) is 2. The van der Waals surface area contributed by atoms with E-state index in [2.05, 4.69) is 0 Å². The number of nitrogens with zero attached hydrogens (tertiary/aromatic N) is 1. The molecule has 0 amide bonds. The van der Waals surface area contributed by atoms with E-state index in [1.165, 1.54) is 6.92 Å². The number of carbonyl (C=O) groups is 1. The minimum absolute atomic E-state index is 0.0528. The molecule has 2 aromatic rings. The first kappa shape index (κ1) is 23.1. The third-order valence-corrected chi connectivity index (χ3v) is 5.56. The molecule has 1 aliphatic rings. The molecule has 0 N–H and O–H groups in total. The molecule has 0 aromatic heterocycles. The van der Waals surface area contributed by atoms with Gasteiger partial charge in [0.25, 0.3) is 0 Å². The number of unbranched alkanes of at least 4 members (excludes halogenated alkanes) is 1. The maximum Gasteiger partial charge on any atom is 0.417 e. The van der Waals surface area contributed by atoms with E-state index in [0.717, 1.165) is 12.8 Å². The first-order chi connectivity index (χ1) is 14.6. The molecule has 0 aliphatic carbocycles. The Balaban J connectivity index is 2.18. The SMILES string of the molecule is CCCCOc1c2c(c(C(F)(F)F)c(C)c1C(=O)Oc1ccccc1)CN(C(C)C)C2. The molecule has 168 valence electrons. The van der Waals surface area contributed by atoms with Crippen LogP contribution in [0.15, 0.2) is 30.3 Å². The Hall–Kier alpha value is -2.54. The summed E-state index contributed by atoms with van der Waals surface area (Å²) in [4.78, 5) is 15.0. The summed E-state index contributed by atoms with van der Waals surface area (Å²) < 4.78 is 53.8. The summed E-state index contributed by atoms with van der Waals surface area (Å²) >= 11 is 0. The zero-order valence-corrected chi connectivity index (χ0v) is 18.3. The predicted molar refractivity (Wildman–Crippen MR) is 112 cm³/mol. The lowest BCUT2D eigenvalue weighted by atomic mass is 9.91. The Morgan fingerprint density at radius 3 is 2.35 bits per heavy atom. The number of rotatable bonds is 7. The fourth-order valence-corrected chi connectivity index (χ4v) is 3.88. The summed E-state index contributed by atoms with van der Waals surface area (Å²) in [6, 6.07) is 8.38.